The number of imide groups is 2. The van der Waals surface area contributed by atoms with Crippen LogP contribution in [0.3, 0.4) is 0 Å². The van der Waals surface area contributed by atoms with Crippen molar-refractivity contribution < 1.29 is 28.6 Å². The van der Waals surface area contributed by atoms with Crippen molar-refractivity contribution in [2.24, 2.45) is 5.41 Å². The Morgan fingerprint density at radius 2 is 1.59 bits per heavy atom. The molecule has 3 aromatic rings. The van der Waals surface area contributed by atoms with Crippen LogP contribution in [0.25, 0.3) is 11.0 Å². The Morgan fingerprint density at radius 1 is 0.919 bits per heavy atom. The van der Waals surface area contributed by atoms with Gasteiger partial charge in [0.2, 0.25) is 5.54 Å². The molecule has 0 atom stereocenters. The summed E-state index contributed by atoms with van der Waals surface area (Å²) in [6, 6.07) is 13.4. The molecule has 0 radical (unpaired) electrons. The third-order valence-corrected chi connectivity index (χ3v) is 7.88. The quantitative estimate of drug-likeness (QED) is 0.437. The van der Waals surface area contributed by atoms with Crippen LogP contribution in [-0.4, -0.2) is 72.1 Å². The summed E-state index contributed by atoms with van der Waals surface area (Å²) in [7, 11) is 0. The van der Waals surface area contributed by atoms with Crippen LogP contribution in [0.15, 0.2) is 59.2 Å². The normalized spacial score (nSPS) is 21.5. The fourth-order valence-corrected chi connectivity index (χ4v) is 6.00. The van der Waals surface area contributed by atoms with Gasteiger partial charge in [-0.05, 0) is 60.2 Å². The molecule has 192 valence electrons. The number of ether oxygens (including phenoxy) is 1. The first-order chi connectivity index (χ1) is 17.9. The molecule has 0 saturated carbocycles. The first-order valence-corrected chi connectivity index (χ1v) is 12.4. The van der Waals surface area contributed by atoms with Crippen LogP contribution < -0.4 is 15.4 Å². The number of β-amino-alcohol motifs (C(OH)–C–C–N with tert-alkyl or cyclic N) is 1. The third kappa shape index (κ3) is 3.97. The van der Waals surface area contributed by atoms with Crippen molar-refractivity contribution in [3.05, 3.63) is 60.4 Å². The van der Waals surface area contributed by atoms with E-state index in [0.29, 0.717) is 36.7 Å². The molecule has 2 aromatic carbocycles. The Kier molecular flexibility index (Phi) is 5.74. The number of aliphatic hydroxyl groups excluding tert-OH is 1. The summed E-state index contributed by atoms with van der Waals surface area (Å²) in [6.07, 6.45) is 3.26. The van der Waals surface area contributed by atoms with E-state index in [1.165, 1.54) is 0 Å². The second-order valence-corrected chi connectivity index (χ2v) is 10.1. The standard InChI is InChI=1S/C27H28N4O6/c32-13-12-30-16-26(17-30)8-10-31(11-9-26)27(23(33)28-25(35)29-24(27)34)19-1-3-20(4-2-19)37-21-5-6-22-18(15-21)7-14-36-22/h1-7,14-15,32H,8-13,16-17H2,(H2,28,29,33,34,35). The third-order valence-electron chi connectivity index (χ3n) is 7.88. The zero-order chi connectivity index (χ0) is 25.6. The number of carbonyl (C=O) groups is 3. The Hall–Kier alpha value is -3.73. The number of likely N-dealkylation sites (tertiary alicyclic amines) is 2. The van der Waals surface area contributed by atoms with E-state index in [4.69, 9.17) is 9.15 Å². The van der Waals surface area contributed by atoms with Crippen LogP contribution in [0.1, 0.15) is 18.4 Å². The zero-order valence-corrected chi connectivity index (χ0v) is 20.2. The highest BCUT2D eigenvalue weighted by atomic mass is 16.5. The van der Waals surface area contributed by atoms with Crippen molar-refractivity contribution in [1.82, 2.24) is 20.4 Å². The highest BCUT2D eigenvalue weighted by Crippen LogP contribution is 2.44. The molecular weight excluding hydrogens is 476 g/mol. The van der Waals surface area contributed by atoms with E-state index in [1.807, 2.05) is 23.1 Å². The maximum Gasteiger partial charge on any atom is 0.328 e. The lowest BCUT2D eigenvalue weighted by atomic mass is 9.70. The largest absolute Gasteiger partial charge is 0.464 e. The topological polar surface area (TPSA) is 124 Å². The van der Waals surface area contributed by atoms with Gasteiger partial charge in [-0.2, -0.15) is 0 Å². The average molecular weight is 505 g/mol. The molecular formula is C27H28N4O6. The second-order valence-electron chi connectivity index (χ2n) is 10.1. The van der Waals surface area contributed by atoms with Gasteiger partial charge in [0, 0.05) is 38.1 Å². The van der Waals surface area contributed by atoms with Gasteiger partial charge >= 0.3 is 6.03 Å². The second kappa shape index (κ2) is 8.98. The summed E-state index contributed by atoms with van der Waals surface area (Å²) in [5.41, 5.74) is -0.282. The molecule has 3 N–H and O–H groups in total. The minimum absolute atomic E-state index is 0.136. The van der Waals surface area contributed by atoms with Crippen molar-refractivity contribution in [2.75, 3.05) is 39.3 Å². The molecule has 3 saturated heterocycles. The van der Waals surface area contributed by atoms with E-state index in [0.717, 1.165) is 36.9 Å². The number of hydrogen-bond acceptors (Lipinski definition) is 8. The number of nitrogens with zero attached hydrogens (tertiary/aromatic N) is 2. The van der Waals surface area contributed by atoms with Crippen LogP contribution in [0, 0.1) is 5.41 Å². The lowest BCUT2D eigenvalue weighted by molar-refractivity contribution is -0.153. The van der Waals surface area contributed by atoms with Gasteiger partial charge in [0.15, 0.2) is 0 Å². The predicted octanol–water partition coefficient (Wildman–Crippen LogP) is 2.18. The van der Waals surface area contributed by atoms with E-state index < -0.39 is 23.4 Å². The molecule has 1 spiro atoms. The SMILES string of the molecule is O=C1NC(=O)C(c2ccc(Oc3ccc4occc4c3)cc2)(N2CCC3(CC2)CN(CCO)C3)C(=O)N1. The van der Waals surface area contributed by atoms with Crippen LogP contribution >= 0.6 is 0 Å². The van der Waals surface area contributed by atoms with Gasteiger partial charge < -0.3 is 14.3 Å². The number of amides is 4. The van der Waals surface area contributed by atoms with Crippen LogP contribution in [0.5, 0.6) is 11.5 Å². The van der Waals surface area contributed by atoms with Gasteiger partial charge in [-0.25, -0.2) is 4.79 Å². The number of urea groups is 1. The number of hydrogen-bond donors (Lipinski definition) is 3. The molecule has 0 aliphatic carbocycles. The first kappa shape index (κ1) is 23.7. The lowest BCUT2D eigenvalue weighted by Crippen LogP contribution is -2.73. The molecule has 4 heterocycles. The van der Waals surface area contributed by atoms with E-state index in [9.17, 15) is 19.5 Å². The number of furan rings is 1. The summed E-state index contributed by atoms with van der Waals surface area (Å²) in [5.74, 6) is -0.115. The van der Waals surface area contributed by atoms with Gasteiger partial charge in [0.1, 0.15) is 17.1 Å². The Labute approximate surface area is 213 Å². The van der Waals surface area contributed by atoms with Crippen molar-refractivity contribution in [3.63, 3.8) is 0 Å². The molecule has 3 fully saturated rings. The summed E-state index contributed by atoms with van der Waals surface area (Å²) in [5, 5.41) is 14.7. The number of piperidine rings is 1. The van der Waals surface area contributed by atoms with Crippen molar-refractivity contribution in [1.29, 1.82) is 0 Å². The van der Waals surface area contributed by atoms with E-state index >= 15 is 0 Å². The maximum absolute atomic E-state index is 13.4. The Morgan fingerprint density at radius 3 is 2.27 bits per heavy atom. The van der Waals surface area contributed by atoms with Gasteiger partial charge in [0.05, 0.1) is 12.9 Å². The van der Waals surface area contributed by atoms with Crippen molar-refractivity contribution in [3.8, 4) is 11.5 Å². The number of nitrogens with one attached hydrogen (secondary N) is 2. The number of fused-ring (bicyclic) bond motifs is 1. The molecule has 37 heavy (non-hydrogen) atoms. The number of barbiturate groups is 1. The van der Waals surface area contributed by atoms with Gasteiger partial charge in [-0.3, -0.25) is 30.0 Å². The van der Waals surface area contributed by atoms with Crippen LogP contribution in [0.2, 0.25) is 0 Å². The Bertz CT molecular complexity index is 1330. The average Bonchev–Trinajstić information content (AvgIpc) is 3.33. The minimum atomic E-state index is -1.65. The monoisotopic (exact) mass is 504 g/mol. The predicted molar refractivity (Wildman–Crippen MR) is 133 cm³/mol. The summed E-state index contributed by atoms with van der Waals surface area (Å²) >= 11 is 0. The fraction of sp³-hybridized carbons (Fsp3) is 0.370. The highest BCUT2D eigenvalue weighted by Gasteiger charge is 2.58. The molecule has 3 aliphatic heterocycles. The van der Waals surface area contributed by atoms with Gasteiger partial charge in [-0.1, -0.05) is 12.1 Å². The minimum Gasteiger partial charge on any atom is -0.464 e. The summed E-state index contributed by atoms with van der Waals surface area (Å²) < 4.78 is 11.4. The molecule has 0 bridgehead atoms. The van der Waals surface area contributed by atoms with Gasteiger partial charge in [-0.15, -0.1) is 0 Å². The fourth-order valence-electron chi connectivity index (χ4n) is 6.00. The number of benzene rings is 2. The van der Waals surface area contributed by atoms with E-state index in [1.54, 1.807) is 36.6 Å². The maximum atomic E-state index is 13.4. The van der Waals surface area contributed by atoms with Gasteiger partial charge in [0.25, 0.3) is 11.8 Å². The van der Waals surface area contributed by atoms with Crippen LogP contribution in [-0.2, 0) is 15.1 Å². The summed E-state index contributed by atoms with van der Waals surface area (Å²) in [6.45, 7) is 3.67. The molecule has 6 rings (SSSR count). The van der Waals surface area contributed by atoms with E-state index in [-0.39, 0.29) is 12.0 Å². The lowest BCUT2D eigenvalue weighted by Gasteiger charge is -2.56. The zero-order valence-electron chi connectivity index (χ0n) is 20.2. The number of aliphatic hydroxyl groups is 1. The van der Waals surface area contributed by atoms with Crippen molar-refractivity contribution >= 4 is 28.8 Å². The molecule has 10 heteroatoms. The smallest absolute Gasteiger partial charge is 0.328 e. The molecule has 3 aliphatic rings. The Balaban J connectivity index is 1.25. The van der Waals surface area contributed by atoms with Crippen molar-refractivity contribution in [2.45, 2.75) is 18.4 Å². The highest BCUT2D eigenvalue weighted by molar-refractivity contribution is 6.22. The molecule has 1 aromatic heterocycles. The number of carbonyl (C=O) groups excluding carboxylic acids is 3. The summed E-state index contributed by atoms with van der Waals surface area (Å²) in [4.78, 5) is 42.8. The molecule has 4 amide bonds. The first-order valence-electron chi connectivity index (χ1n) is 12.4. The number of rotatable bonds is 6. The molecule has 10 nitrogen and oxygen atoms in total. The van der Waals surface area contributed by atoms with Crippen LogP contribution in [0.4, 0.5) is 4.79 Å². The van der Waals surface area contributed by atoms with E-state index in [2.05, 4.69) is 15.5 Å². The molecule has 0 unspecified atom stereocenters.